The lowest BCUT2D eigenvalue weighted by atomic mass is 10.1. The molecule has 1 aliphatic heterocycles. The van der Waals surface area contributed by atoms with Gasteiger partial charge in [-0.1, -0.05) is 0 Å². The van der Waals surface area contributed by atoms with Crippen LogP contribution >= 0.6 is 0 Å². The van der Waals surface area contributed by atoms with Crippen LogP contribution in [0.1, 0.15) is 46.6 Å². The summed E-state index contributed by atoms with van der Waals surface area (Å²) in [4.78, 5) is 23.1. The molecular formula is C20H25N3O4. The first kappa shape index (κ1) is 19.1. The number of hydrogen-bond acceptors (Lipinski definition) is 4. The summed E-state index contributed by atoms with van der Waals surface area (Å²) in [6.07, 6.45) is 2.69. The van der Waals surface area contributed by atoms with Crippen molar-refractivity contribution in [3.63, 3.8) is 0 Å². The summed E-state index contributed by atoms with van der Waals surface area (Å²) in [6, 6.07) is 7.24. The van der Waals surface area contributed by atoms with Crippen LogP contribution in [0.25, 0.3) is 5.69 Å². The van der Waals surface area contributed by atoms with Gasteiger partial charge >= 0.3 is 5.97 Å². The number of amides is 1. The number of carbonyl (C=O) groups is 2. The first-order chi connectivity index (χ1) is 13.0. The number of aliphatic carboxylic acids is 1. The molecule has 2 heterocycles. The second-order valence-electron chi connectivity index (χ2n) is 6.85. The molecule has 1 atom stereocenters. The molecule has 3 rings (SSSR count). The number of nitrogens with one attached hydrogen (secondary N) is 1. The molecule has 2 N–H and O–H groups in total. The molecule has 27 heavy (non-hydrogen) atoms. The molecule has 1 amide bonds. The molecule has 1 saturated heterocycles. The van der Waals surface area contributed by atoms with Crippen molar-refractivity contribution in [2.24, 2.45) is 0 Å². The highest BCUT2D eigenvalue weighted by atomic mass is 16.5. The molecule has 1 unspecified atom stereocenters. The SMILES string of the molecule is Cc1nn(-c2ccc(C(=O)NCC3CCCO3)cc2)c(C)c1CCC(=O)O. The van der Waals surface area contributed by atoms with Gasteiger partial charge in [-0.25, -0.2) is 4.68 Å². The molecule has 7 nitrogen and oxygen atoms in total. The van der Waals surface area contributed by atoms with E-state index in [4.69, 9.17) is 9.84 Å². The summed E-state index contributed by atoms with van der Waals surface area (Å²) in [6.45, 7) is 5.12. The highest BCUT2D eigenvalue weighted by molar-refractivity contribution is 5.94. The molecular weight excluding hydrogens is 346 g/mol. The minimum absolute atomic E-state index is 0.0805. The van der Waals surface area contributed by atoms with Crippen molar-refractivity contribution in [3.8, 4) is 5.69 Å². The Bertz CT molecular complexity index is 820. The smallest absolute Gasteiger partial charge is 0.303 e. The zero-order valence-electron chi connectivity index (χ0n) is 15.7. The fraction of sp³-hybridized carbons (Fsp3) is 0.450. The Morgan fingerprint density at radius 3 is 2.67 bits per heavy atom. The second kappa shape index (κ2) is 8.35. The van der Waals surface area contributed by atoms with Gasteiger partial charge in [-0.15, -0.1) is 0 Å². The van der Waals surface area contributed by atoms with E-state index in [0.717, 1.165) is 42.1 Å². The van der Waals surface area contributed by atoms with Gasteiger partial charge in [0.2, 0.25) is 0 Å². The van der Waals surface area contributed by atoms with E-state index in [9.17, 15) is 9.59 Å². The summed E-state index contributed by atoms with van der Waals surface area (Å²) < 4.78 is 7.31. The number of aryl methyl sites for hydroxylation is 1. The van der Waals surface area contributed by atoms with Crippen molar-refractivity contribution in [1.82, 2.24) is 15.1 Å². The zero-order valence-corrected chi connectivity index (χ0v) is 15.7. The van der Waals surface area contributed by atoms with Crippen molar-refractivity contribution < 1.29 is 19.4 Å². The van der Waals surface area contributed by atoms with Gasteiger partial charge in [0.1, 0.15) is 0 Å². The fourth-order valence-corrected chi connectivity index (χ4v) is 3.39. The van der Waals surface area contributed by atoms with Crippen LogP contribution in [0, 0.1) is 13.8 Å². The largest absolute Gasteiger partial charge is 0.481 e. The van der Waals surface area contributed by atoms with Crippen molar-refractivity contribution in [2.45, 2.75) is 45.6 Å². The van der Waals surface area contributed by atoms with Crippen LogP contribution in [0.2, 0.25) is 0 Å². The number of carboxylic acids is 1. The maximum absolute atomic E-state index is 12.3. The third-order valence-electron chi connectivity index (χ3n) is 4.92. The van der Waals surface area contributed by atoms with Crippen LogP contribution in [0.3, 0.4) is 0 Å². The highest BCUT2D eigenvalue weighted by Crippen LogP contribution is 2.20. The van der Waals surface area contributed by atoms with Gasteiger partial charge < -0.3 is 15.2 Å². The Morgan fingerprint density at radius 1 is 1.30 bits per heavy atom. The quantitative estimate of drug-likeness (QED) is 0.780. The lowest BCUT2D eigenvalue weighted by molar-refractivity contribution is -0.136. The number of carboxylic acid groups (broad SMARTS) is 1. The lowest BCUT2D eigenvalue weighted by Gasteiger charge is -2.11. The lowest BCUT2D eigenvalue weighted by Crippen LogP contribution is -2.31. The molecule has 144 valence electrons. The Morgan fingerprint density at radius 2 is 2.04 bits per heavy atom. The number of rotatable bonds is 7. The molecule has 0 bridgehead atoms. The number of carbonyl (C=O) groups excluding carboxylic acids is 1. The number of nitrogens with zero attached hydrogens (tertiary/aromatic N) is 2. The average molecular weight is 371 g/mol. The molecule has 7 heteroatoms. The molecule has 1 aromatic heterocycles. The Kier molecular flexibility index (Phi) is 5.91. The Labute approximate surface area is 158 Å². The Balaban J connectivity index is 1.68. The van der Waals surface area contributed by atoms with Crippen LogP contribution in [0.4, 0.5) is 0 Å². The van der Waals surface area contributed by atoms with Gasteiger partial charge in [0.05, 0.1) is 17.5 Å². The molecule has 0 spiro atoms. The maximum atomic E-state index is 12.3. The van der Waals surface area contributed by atoms with E-state index in [2.05, 4.69) is 10.4 Å². The van der Waals surface area contributed by atoms with Gasteiger partial charge in [-0.2, -0.15) is 5.10 Å². The van der Waals surface area contributed by atoms with Crippen LogP contribution in [-0.4, -0.2) is 46.0 Å². The molecule has 2 aromatic rings. The third-order valence-corrected chi connectivity index (χ3v) is 4.92. The topological polar surface area (TPSA) is 93.5 Å². The number of benzene rings is 1. The van der Waals surface area contributed by atoms with Gasteiger partial charge in [0.25, 0.3) is 5.91 Å². The third kappa shape index (κ3) is 4.54. The van der Waals surface area contributed by atoms with Crippen LogP contribution < -0.4 is 5.32 Å². The maximum Gasteiger partial charge on any atom is 0.303 e. The standard InChI is InChI=1S/C20H25N3O4/c1-13-18(9-10-19(24)25)14(2)23(22-13)16-7-5-15(6-8-16)20(26)21-12-17-4-3-11-27-17/h5-8,17H,3-4,9-12H2,1-2H3,(H,21,26)(H,24,25). The van der Waals surface area contributed by atoms with E-state index in [-0.39, 0.29) is 18.4 Å². The number of ether oxygens (including phenoxy) is 1. The van der Waals surface area contributed by atoms with Gasteiger partial charge in [0.15, 0.2) is 0 Å². The molecule has 1 fully saturated rings. The molecule has 0 aliphatic carbocycles. The second-order valence-corrected chi connectivity index (χ2v) is 6.85. The predicted molar refractivity (Wildman–Crippen MR) is 100 cm³/mol. The fourth-order valence-electron chi connectivity index (χ4n) is 3.39. The number of hydrogen-bond donors (Lipinski definition) is 2. The van der Waals surface area contributed by atoms with E-state index in [1.54, 1.807) is 16.8 Å². The van der Waals surface area contributed by atoms with E-state index >= 15 is 0 Å². The number of aromatic nitrogens is 2. The summed E-state index contributed by atoms with van der Waals surface area (Å²) in [5.74, 6) is -0.938. The minimum Gasteiger partial charge on any atom is -0.481 e. The van der Waals surface area contributed by atoms with E-state index in [1.807, 2.05) is 26.0 Å². The minimum atomic E-state index is -0.820. The zero-order chi connectivity index (χ0) is 19.4. The van der Waals surface area contributed by atoms with Crippen LogP contribution in [0.15, 0.2) is 24.3 Å². The van der Waals surface area contributed by atoms with E-state index in [0.29, 0.717) is 18.5 Å². The van der Waals surface area contributed by atoms with Crippen molar-refractivity contribution in [1.29, 1.82) is 0 Å². The first-order valence-corrected chi connectivity index (χ1v) is 9.23. The van der Waals surface area contributed by atoms with Crippen LogP contribution in [0.5, 0.6) is 0 Å². The molecule has 0 saturated carbocycles. The van der Waals surface area contributed by atoms with Gasteiger partial charge in [0, 0.05) is 30.8 Å². The molecule has 0 radical (unpaired) electrons. The van der Waals surface area contributed by atoms with Crippen LogP contribution in [-0.2, 0) is 16.0 Å². The van der Waals surface area contributed by atoms with Gasteiger partial charge in [-0.05, 0) is 62.9 Å². The van der Waals surface area contributed by atoms with Gasteiger partial charge in [-0.3, -0.25) is 9.59 Å². The first-order valence-electron chi connectivity index (χ1n) is 9.23. The Hall–Kier alpha value is -2.67. The van der Waals surface area contributed by atoms with E-state index in [1.165, 1.54) is 0 Å². The monoisotopic (exact) mass is 371 g/mol. The summed E-state index contributed by atoms with van der Waals surface area (Å²) in [5.41, 5.74) is 4.13. The molecule has 1 aromatic carbocycles. The van der Waals surface area contributed by atoms with Crippen molar-refractivity contribution in [3.05, 3.63) is 46.8 Å². The van der Waals surface area contributed by atoms with E-state index < -0.39 is 5.97 Å². The normalized spacial score (nSPS) is 16.4. The predicted octanol–water partition coefficient (Wildman–Crippen LogP) is 2.42. The summed E-state index contributed by atoms with van der Waals surface area (Å²) in [7, 11) is 0. The van der Waals surface area contributed by atoms with Crippen molar-refractivity contribution in [2.75, 3.05) is 13.2 Å². The van der Waals surface area contributed by atoms with Crippen molar-refractivity contribution >= 4 is 11.9 Å². The summed E-state index contributed by atoms with van der Waals surface area (Å²) >= 11 is 0. The summed E-state index contributed by atoms with van der Waals surface area (Å²) in [5, 5.41) is 16.3. The highest BCUT2D eigenvalue weighted by Gasteiger charge is 2.17. The molecule has 1 aliphatic rings. The average Bonchev–Trinajstić information content (AvgIpc) is 3.26.